The summed E-state index contributed by atoms with van der Waals surface area (Å²) in [6, 6.07) is 8.30. The summed E-state index contributed by atoms with van der Waals surface area (Å²) in [5.41, 5.74) is 1.99. The predicted octanol–water partition coefficient (Wildman–Crippen LogP) is 7.81. The van der Waals surface area contributed by atoms with Crippen molar-refractivity contribution in [3.63, 3.8) is 0 Å². The molecule has 6 heteroatoms. The fourth-order valence-electron chi connectivity index (χ4n) is 4.77. The molecule has 3 heterocycles. The van der Waals surface area contributed by atoms with Gasteiger partial charge in [0.1, 0.15) is 16.6 Å². The van der Waals surface area contributed by atoms with E-state index in [2.05, 4.69) is 49.3 Å². The lowest BCUT2D eigenvalue weighted by Gasteiger charge is -2.37. The van der Waals surface area contributed by atoms with E-state index in [0.717, 1.165) is 90.0 Å². The van der Waals surface area contributed by atoms with E-state index in [-0.39, 0.29) is 0 Å². The van der Waals surface area contributed by atoms with Gasteiger partial charge in [0.2, 0.25) is 0 Å². The SMILES string of the molecule is CCCCc1cc(O)c2sc3c(c2c1)[C@H](O)N(CCc1cccs1)C(C(CC)CCCC)=N3. The number of aliphatic imine (C=N–C) groups is 1. The minimum Gasteiger partial charge on any atom is -0.506 e. The number of aromatic hydroxyl groups is 1. The van der Waals surface area contributed by atoms with E-state index in [0.29, 0.717) is 11.7 Å². The molecular formula is C27H36N2O2S2. The molecule has 1 unspecified atom stereocenters. The van der Waals surface area contributed by atoms with Gasteiger partial charge in [-0.15, -0.1) is 22.7 Å². The van der Waals surface area contributed by atoms with Crippen LogP contribution in [0.4, 0.5) is 5.00 Å². The number of thiophene rings is 2. The lowest BCUT2D eigenvalue weighted by Crippen LogP contribution is -2.42. The van der Waals surface area contributed by atoms with Gasteiger partial charge in [-0.1, -0.05) is 46.1 Å². The van der Waals surface area contributed by atoms with Gasteiger partial charge in [0.25, 0.3) is 0 Å². The highest BCUT2D eigenvalue weighted by Gasteiger charge is 2.35. The zero-order chi connectivity index (χ0) is 23.4. The molecule has 0 bridgehead atoms. The van der Waals surface area contributed by atoms with Gasteiger partial charge in [0.15, 0.2) is 6.23 Å². The molecule has 2 atom stereocenters. The average Bonchev–Trinajstić information content (AvgIpc) is 3.46. The van der Waals surface area contributed by atoms with Crippen LogP contribution in [0.1, 0.15) is 81.5 Å². The largest absolute Gasteiger partial charge is 0.506 e. The van der Waals surface area contributed by atoms with Crippen molar-refractivity contribution >= 4 is 43.6 Å². The van der Waals surface area contributed by atoms with Crippen molar-refractivity contribution < 1.29 is 10.2 Å². The first-order valence-corrected chi connectivity index (χ1v) is 14.1. The summed E-state index contributed by atoms with van der Waals surface area (Å²) >= 11 is 3.28. The van der Waals surface area contributed by atoms with E-state index in [1.54, 1.807) is 11.3 Å². The van der Waals surface area contributed by atoms with Gasteiger partial charge >= 0.3 is 0 Å². The minimum absolute atomic E-state index is 0.310. The van der Waals surface area contributed by atoms with Crippen molar-refractivity contribution in [2.24, 2.45) is 10.9 Å². The summed E-state index contributed by atoms with van der Waals surface area (Å²) in [6.45, 7) is 7.36. The number of unbranched alkanes of at least 4 members (excludes halogenated alkanes) is 2. The Kier molecular flexibility index (Phi) is 8.10. The van der Waals surface area contributed by atoms with Gasteiger partial charge in [0.05, 0.1) is 4.70 Å². The third-order valence-corrected chi connectivity index (χ3v) is 8.75. The summed E-state index contributed by atoms with van der Waals surface area (Å²) < 4.78 is 0.837. The number of phenols is 1. The fraction of sp³-hybridized carbons (Fsp3) is 0.519. The quantitative estimate of drug-likeness (QED) is 0.292. The first kappa shape index (κ1) is 24.2. The molecule has 0 aliphatic carbocycles. The van der Waals surface area contributed by atoms with Crippen LogP contribution >= 0.6 is 22.7 Å². The molecule has 2 aromatic heterocycles. The van der Waals surface area contributed by atoms with E-state index >= 15 is 0 Å². The van der Waals surface area contributed by atoms with E-state index in [9.17, 15) is 10.2 Å². The van der Waals surface area contributed by atoms with Crippen molar-refractivity contribution in [1.29, 1.82) is 0 Å². The van der Waals surface area contributed by atoms with Crippen LogP contribution in [0.25, 0.3) is 10.1 Å². The Morgan fingerprint density at radius 1 is 1.12 bits per heavy atom. The van der Waals surface area contributed by atoms with E-state index in [1.165, 1.54) is 16.2 Å². The lowest BCUT2D eigenvalue weighted by molar-refractivity contribution is 0.0484. The van der Waals surface area contributed by atoms with Gasteiger partial charge in [-0.25, -0.2) is 4.99 Å². The van der Waals surface area contributed by atoms with Crippen LogP contribution in [0.2, 0.25) is 0 Å². The molecule has 0 spiro atoms. The zero-order valence-electron chi connectivity index (χ0n) is 20.0. The van der Waals surface area contributed by atoms with Gasteiger partial charge in [-0.05, 0) is 61.2 Å². The molecule has 1 aliphatic rings. The summed E-state index contributed by atoms with van der Waals surface area (Å²) in [7, 11) is 0. The lowest BCUT2D eigenvalue weighted by atomic mass is 9.95. The minimum atomic E-state index is -0.738. The van der Waals surface area contributed by atoms with E-state index < -0.39 is 6.23 Å². The second-order valence-corrected chi connectivity index (χ2v) is 11.1. The van der Waals surface area contributed by atoms with Crippen molar-refractivity contribution in [3.05, 3.63) is 45.6 Å². The topological polar surface area (TPSA) is 56.1 Å². The highest BCUT2D eigenvalue weighted by molar-refractivity contribution is 7.23. The van der Waals surface area contributed by atoms with Crippen LogP contribution < -0.4 is 0 Å². The molecule has 0 amide bonds. The van der Waals surface area contributed by atoms with Crippen LogP contribution in [0.5, 0.6) is 5.75 Å². The molecular weight excluding hydrogens is 448 g/mol. The number of phenolic OH excluding ortho intramolecular Hbond substituents is 1. The number of aryl methyl sites for hydroxylation is 1. The summed E-state index contributed by atoms with van der Waals surface area (Å²) in [4.78, 5) is 8.62. The van der Waals surface area contributed by atoms with Gasteiger partial charge in [0, 0.05) is 28.3 Å². The zero-order valence-corrected chi connectivity index (χ0v) is 21.6. The van der Waals surface area contributed by atoms with Crippen LogP contribution in [-0.2, 0) is 12.8 Å². The number of aliphatic hydroxyl groups excluding tert-OH is 1. The van der Waals surface area contributed by atoms with E-state index in [1.807, 2.05) is 6.07 Å². The second kappa shape index (κ2) is 11.0. The second-order valence-electron chi connectivity index (χ2n) is 9.03. The number of hydrogen-bond donors (Lipinski definition) is 2. The Balaban J connectivity index is 1.76. The third kappa shape index (κ3) is 5.13. The van der Waals surface area contributed by atoms with Crippen LogP contribution in [0, 0.1) is 5.92 Å². The molecule has 3 aromatic rings. The normalized spacial score (nSPS) is 16.8. The molecule has 2 N–H and O–H groups in total. The average molecular weight is 485 g/mol. The standard InChI is InChI=1S/C27H36N2O2S2/c1-4-7-10-18-16-21-23-26(33-24(21)22(30)17-18)28-25(19(6-3)11-8-5-2)29(27(23)31)14-13-20-12-9-15-32-20/h9,12,15-17,19,27,30-31H,4-8,10-11,13-14H2,1-3H3/t19?,27-/m0/s1. The Morgan fingerprint density at radius 3 is 2.64 bits per heavy atom. The van der Waals surface area contributed by atoms with Gasteiger partial charge in [-0.2, -0.15) is 0 Å². The fourth-order valence-corrected chi connectivity index (χ4v) is 6.57. The number of aliphatic hydroxyl groups is 1. The van der Waals surface area contributed by atoms with Crippen molar-refractivity contribution in [3.8, 4) is 5.75 Å². The predicted molar refractivity (Wildman–Crippen MR) is 142 cm³/mol. The van der Waals surface area contributed by atoms with Crippen LogP contribution in [0.3, 0.4) is 0 Å². The Bertz CT molecular complexity index is 1090. The number of amidine groups is 1. The first-order valence-electron chi connectivity index (χ1n) is 12.4. The summed E-state index contributed by atoms with van der Waals surface area (Å²) in [6.07, 6.45) is 7.70. The van der Waals surface area contributed by atoms with Crippen LogP contribution in [0.15, 0.2) is 34.6 Å². The van der Waals surface area contributed by atoms with Crippen LogP contribution in [-0.4, -0.2) is 27.5 Å². The maximum absolute atomic E-state index is 11.7. The smallest absolute Gasteiger partial charge is 0.157 e. The maximum Gasteiger partial charge on any atom is 0.157 e. The molecule has 178 valence electrons. The molecule has 0 radical (unpaired) electrons. The number of rotatable bonds is 11. The highest BCUT2D eigenvalue weighted by atomic mass is 32.1. The molecule has 0 saturated heterocycles. The third-order valence-electron chi connectivity index (χ3n) is 6.67. The molecule has 1 aliphatic heterocycles. The Labute approximate surface area is 205 Å². The molecule has 0 saturated carbocycles. The van der Waals surface area contributed by atoms with Gasteiger partial charge < -0.3 is 15.1 Å². The van der Waals surface area contributed by atoms with E-state index in [4.69, 9.17) is 4.99 Å². The molecule has 0 fully saturated rings. The Morgan fingerprint density at radius 2 is 1.94 bits per heavy atom. The first-order chi connectivity index (χ1) is 16.1. The molecule has 33 heavy (non-hydrogen) atoms. The number of hydrogen-bond acceptors (Lipinski definition) is 6. The highest BCUT2D eigenvalue weighted by Crippen LogP contribution is 2.49. The number of nitrogens with zero attached hydrogens (tertiary/aromatic N) is 2. The summed E-state index contributed by atoms with van der Waals surface area (Å²) in [5, 5.41) is 26.4. The monoisotopic (exact) mass is 484 g/mol. The Hall–Kier alpha value is -1.89. The maximum atomic E-state index is 11.7. The number of benzene rings is 1. The summed E-state index contributed by atoms with van der Waals surface area (Å²) in [5.74, 6) is 1.65. The van der Waals surface area contributed by atoms with Gasteiger partial charge in [-0.3, -0.25) is 0 Å². The molecule has 4 nitrogen and oxygen atoms in total. The number of fused-ring (bicyclic) bond motifs is 3. The van der Waals surface area contributed by atoms with Crippen molar-refractivity contribution in [2.75, 3.05) is 6.54 Å². The molecule has 1 aromatic carbocycles. The van der Waals surface area contributed by atoms with Crippen molar-refractivity contribution in [1.82, 2.24) is 4.90 Å². The molecule has 4 rings (SSSR count). The van der Waals surface area contributed by atoms with Crippen molar-refractivity contribution in [2.45, 2.75) is 78.4 Å².